The number of nitro groups is 1. The van der Waals surface area contributed by atoms with Crippen molar-refractivity contribution >= 4 is 39.3 Å². The molecule has 26 heavy (non-hydrogen) atoms. The molecule has 0 bridgehead atoms. The molecule has 1 N–H and O–H groups in total. The molecule has 0 saturated carbocycles. The molecule has 0 spiro atoms. The van der Waals surface area contributed by atoms with Crippen LogP contribution in [0.2, 0.25) is 0 Å². The lowest BCUT2D eigenvalue weighted by atomic mass is 10.1. The Morgan fingerprint density at radius 2 is 2.04 bits per heavy atom. The predicted molar refractivity (Wildman–Crippen MR) is 98.2 cm³/mol. The van der Waals surface area contributed by atoms with Crippen molar-refractivity contribution < 1.29 is 9.34 Å². The van der Waals surface area contributed by atoms with Gasteiger partial charge in [-0.15, -0.1) is 0 Å². The van der Waals surface area contributed by atoms with E-state index in [9.17, 15) is 10.1 Å². The molecule has 4 rings (SSSR count). The third kappa shape index (κ3) is 2.73. The summed E-state index contributed by atoms with van der Waals surface area (Å²) in [6.45, 7) is 1.75. The Hall–Kier alpha value is -3.81. The fraction of sp³-hybridized carbons (Fsp3) is 0.0556. The van der Waals surface area contributed by atoms with Gasteiger partial charge in [-0.1, -0.05) is 24.3 Å². The molecule has 0 unspecified atom stereocenters. The van der Waals surface area contributed by atoms with Gasteiger partial charge in [-0.2, -0.15) is 5.10 Å². The van der Waals surface area contributed by atoms with E-state index in [0.717, 1.165) is 5.39 Å². The summed E-state index contributed by atoms with van der Waals surface area (Å²) in [6.07, 6.45) is 1.44. The number of furan rings is 1. The van der Waals surface area contributed by atoms with Crippen molar-refractivity contribution in [3.63, 3.8) is 0 Å². The third-order valence-corrected chi connectivity index (χ3v) is 3.96. The van der Waals surface area contributed by atoms with Gasteiger partial charge < -0.3 is 4.42 Å². The second kappa shape index (κ2) is 6.25. The number of hydrazone groups is 1. The zero-order valence-corrected chi connectivity index (χ0v) is 13.7. The molecule has 8 heteroatoms. The minimum atomic E-state index is -0.438. The third-order valence-electron chi connectivity index (χ3n) is 3.96. The fourth-order valence-corrected chi connectivity index (χ4v) is 2.65. The molecule has 0 aliphatic rings. The van der Waals surface area contributed by atoms with Crippen molar-refractivity contribution in [1.82, 2.24) is 9.97 Å². The van der Waals surface area contributed by atoms with Crippen molar-refractivity contribution in [3.8, 4) is 0 Å². The molecule has 0 amide bonds. The number of hydrogen-bond donors (Lipinski definition) is 1. The highest BCUT2D eigenvalue weighted by molar-refractivity contribution is 6.05. The minimum absolute atomic E-state index is 0.0127. The second-order valence-electron chi connectivity index (χ2n) is 5.61. The molecule has 128 valence electrons. The Labute approximate surface area is 147 Å². The van der Waals surface area contributed by atoms with E-state index in [-0.39, 0.29) is 5.69 Å². The van der Waals surface area contributed by atoms with Crippen LogP contribution in [0, 0.1) is 10.1 Å². The number of benzene rings is 2. The van der Waals surface area contributed by atoms with Crippen LogP contribution in [0.3, 0.4) is 0 Å². The van der Waals surface area contributed by atoms with E-state index in [1.54, 1.807) is 19.1 Å². The lowest BCUT2D eigenvalue weighted by Crippen LogP contribution is -2.02. The van der Waals surface area contributed by atoms with Crippen molar-refractivity contribution in [2.24, 2.45) is 5.10 Å². The zero-order chi connectivity index (χ0) is 18.1. The monoisotopic (exact) mass is 347 g/mol. The van der Waals surface area contributed by atoms with Gasteiger partial charge in [-0.25, -0.2) is 9.97 Å². The average Bonchev–Trinajstić information content (AvgIpc) is 3.05. The van der Waals surface area contributed by atoms with Crippen molar-refractivity contribution in [1.29, 1.82) is 0 Å². The topological polar surface area (TPSA) is 106 Å². The molecular formula is C18H13N5O3. The van der Waals surface area contributed by atoms with E-state index in [2.05, 4.69) is 20.5 Å². The molecule has 4 aromatic rings. The van der Waals surface area contributed by atoms with E-state index < -0.39 is 4.92 Å². The summed E-state index contributed by atoms with van der Waals surface area (Å²) in [6, 6.07) is 13.9. The van der Waals surface area contributed by atoms with Gasteiger partial charge in [0.05, 0.1) is 10.6 Å². The number of fused-ring (bicyclic) bond motifs is 3. The van der Waals surface area contributed by atoms with Gasteiger partial charge in [-0.05, 0) is 19.1 Å². The predicted octanol–water partition coefficient (Wildman–Crippen LogP) is 4.12. The number of nitrogens with zero attached hydrogens (tertiary/aromatic N) is 4. The number of nitro benzene ring substituents is 1. The maximum Gasteiger partial charge on any atom is 0.270 e. The Bertz CT molecular complexity index is 1170. The van der Waals surface area contributed by atoms with Crippen LogP contribution in [0.5, 0.6) is 0 Å². The lowest BCUT2D eigenvalue weighted by Gasteiger charge is -2.03. The van der Waals surface area contributed by atoms with Crippen LogP contribution in [-0.4, -0.2) is 20.6 Å². The molecule has 0 atom stereocenters. The highest BCUT2D eigenvalue weighted by Crippen LogP contribution is 2.30. The first-order chi connectivity index (χ1) is 12.6. The molecule has 0 radical (unpaired) electrons. The summed E-state index contributed by atoms with van der Waals surface area (Å²) in [5.74, 6) is 0.427. The highest BCUT2D eigenvalue weighted by Gasteiger charge is 2.13. The summed E-state index contributed by atoms with van der Waals surface area (Å²) in [5.41, 5.74) is 6.02. The second-order valence-corrected chi connectivity index (χ2v) is 5.61. The number of anilines is 1. The molecule has 8 nitrogen and oxygen atoms in total. The minimum Gasteiger partial charge on any atom is -0.450 e. The zero-order valence-electron chi connectivity index (χ0n) is 13.7. The van der Waals surface area contributed by atoms with Gasteiger partial charge >= 0.3 is 0 Å². The molecule has 0 aliphatic carbocycles. The standard InChI is InChI=1S/C18H13N5O3/c1-11(12-5-4-6-13(9-12)23(24)25)21-22-18-17-16(19-10-20-18)14-7-2-3-8-15(14)26-17/h2-10H,1H3,(H,19,20,22)/b21-11-. The van der Waals surface area contributed by atoms with Crippen LogP contribution in [-0.2, 0) is 0 Å². The van der Waals surface area contributed by atoms with Gasteiger partial charge in [0.2, 0.25) is 0 Å². The molecule has 2 aromatic carbocycles. The molecule has 0 aliphatic heterocycles. The summed E-state index contributed by atoms with van der Waals surface area (Å²) in [7, 11) is 0. The SMILES string of the molecule is C/C(=N/Nc1ncnc2c1oc1ccccc12)c1cccc([N+](=O)[O-])c1. The van der Waals surface area contributed by atoms with Gasteiger partial charge in [0, 0.05) is 23.1 Å². The van der Waals surface area contributed by atoms with E-state index in [1.165, 1.54) is 18.5 Å². The number of aromatic nitrogens is 2. The van der Waals surface area contributed by atoms with Gasteiger partial charge in [0.15, 0.2) is 11.4 Å². The molecule has 2 heterocycles. The van der Waals surface area contributed by atoms with Crippen LogP contribution in [0.15, 0.2) is 64.4 Å². The molecule has 0 saturated heterocycles. The van der Waals surface area contributed by atoms with Crippen molar-refractivity contribution in [3.05, 3.63) is 70.5 Å². The highest BCUT2D eigenvalue weighted by atomic mass is 16.6. The first kappa shape index (κ1) is 15.7. The van der Waals surface area contributed by atoms with Crippen molar-refractivity contribution in [2.45, 2.75) is 6.92 Å². The van der Waals surface area contributed by atoms with Crippen molar-refractivity contribution in [2.75, 3.05) is 5.43 Å². The van der Waals surface area contributed by atoms with Gasteiger partial charge in [0.25, 0.3) is 5.69 Å². The molecule has 0 fully saturated rings. The maximum atomic E-state index is 10.9. The number of hydrogen-bond acceptors (Lipinski definition) is 7. The smallest absolute Gasteiger partial charge is 0.270 e. The van der Waals surface area contributed by atoms with Gasteiger partial charge in [-0.3, -0.25) is 15.5 Å². The van der Waals surface area contributed by atoms with Crippen LogP contribution >= 0.6 is 0 Å². The number of nitrogens with one attached hydrogen (secondary N) is 1. The number of para-hydroxylation sites is 1. The lowest BCUT2D eigenvalue weighted by molar-refractivity contribution is -0.384. The fourth-order valence-electron chi connectivity index (χ4n) is 2.65. The first-order valence-electron chi connectivity index (χ1n) is 7.81. The summed E-state index contributed by atoms with van der Waals surface area (Å²) in [5, 5.41) is 16.1. The van der Waals surface area contributed by atoms with Crippen LogP contribution in [0.25, 0.3) is 22.1 Å². The Kier molecular flexibility index (Phi) is 3.77. The van der Waals surface area contributed by atoms with Gasteiger partial charge in [0.1, 0.15) is 17.4 Å². The van der Waals surface area contributed by atoms with Crippen LogP contribution in [0.4, 0.5) is 11.5 Å². The van der Waals surface area contributed by atoms with E-state index in [0.29, 0.717) is 33.8 Å². The van der Waals surface area contributed by atoms with Crippen LogP contribution < -0.4 is 5.43 Å². The number of non-ortho nitro benzene ring substituents is 1. The Balaban J connectivity index is 1.70. The average molecular weight is 347 g/mol. The summed E-state index contributed by atoms with van der Waals surface area (Å²) >= 11 is 0. The van der Waals surface area contributed by atoms with Crippen LogP contribution in [0.1, 0.15) is 12.5 Å². The normalized spacial score (nSPS) is 11.8. The quantitative estimate of drug-likeness (QED) is 0.338. The summed E-state index contributed by atoms with van der Waals surface area (Å²) < 4.78 is 5.83. The largest absolute Gasteiger partial charge is 0.450 e. The Morgan fingerprint density at radius 3 is 2.88 bits per heavy atom. The Morgan fingerprint density at radius 1 is 1.19 bits per heavy atom. The van der Waals surface area contributed by atoms with E-state index in [4.69, 9.17) is 4.42 Å². The first-order valence-corrected chi connectivity index (χ1v) is 7.81. The van der Waals surface area contributed by atoms with E-state index >= 15 is 0 Å². The summed E-state index contributed by atoms with van der Waals surface area (Å²) in [4.78, 5) is 18.9. The molecular weight excluding hydrogens is 334 g/mol. The maximum absolute atomic E-state index is 10.9. The molecule has 2 aromatic heterocycles. The number of rotatable bonds is 4. The van der Waals surface area contributed by atoms with E-state index in [1.807, 2.05) is 24.3 Å².